The number of fused-ring (bicyclic) bond motifs is 1. The Hall–Kier alpha value is -1.02. The van der Waals surface area contributed by atoms with Gasteiger partial charge in [0.2, 0.25) is 0 Å². The van der Waals surface area contributed by atoms with Crippen molar-refractivity contribution in [3.8, 4) is 0 Å². The summed E-state index contributed by atoms with van der Waals surface area (Å²) in [6.45, 7) is 9.08. The smallest absolute Gasteiger partial charge is 0.0405 e. The number of benzene rings is 1. The monoisotopic (exact) mass is 189 g/mol. The summed E-state index contributed by atoms with van der Waals surface area (Å²) in [6.07, 6.45) is 0. The average molecular weight is 189 g/mol. The molecule has 0 saturated heterocycles. The molecule has 0 bridgehead atoms. The molecular formula is C12H17N2. The van der Waals surface area contributed by atoms with E-state index in [-0.39, 0.29) is 0 Å². The summed E-state index contributed by atoms with van der Waals surface area (Å²) in [5.74, 6) is 0.588. The number of hydrogen-bond donors (Lipinski definition) is 1. The summed E-state index contributed by atoms with van der Waals surface area (Å²) < 4.78 is 0. The average Bonchev–Trinajstić information content (AvgIpc) is 2.46. The standard InChI is InChI=1S/C12H17N2/c1-9-4-3-5-11-12(9)10(2)8-14(11)7-6-13/h3-5,10H,1,6-8,13H2,2H3. The van der Waals surface area contributed by atoms with E-state index in [0.717, 1.165) is 18.7 Å². The Morgan fingerprint density at radius 1 is 1.57 bits per heavy atom. The predicted octanol–water partition coefficient (Wildman–Crippen LogP) is 1.75. The van der Waals surface area contributed by atoms with Crippen LogP contribution in [0, 0.1) is 6.92 Å². The first-order valence-electron chi connectivity index (χ1n) is 5.14. The summed E-state index contributed by atoms with van der Waals surface area (Å²) in [7, 11) is 0. The fraction of sp³-hybridized carbons (Fsp3) is 0.417. The molecule has 1 unspecified atom stereocenters. The molecule has 1 heterocycles. The Morgan fingerprint density at radius 3 is 3.07 bits per heavy atom. The maximum absolute atomic E-state index is 5.59. The Morgan fingerprint density at radius 2 is 2.36 bits per heavy atom. The Balaban J connectivity index is 2.39. The largest absolute Gasteiger partial charge is 0.369 e. The Labute approximate surface area is 85.7 Å². The van der Waals surface area contributed by atoms with Gasteiger partial charge in [-0.15, -0.1) is 0 Å². The van der Waals surface area contributed by atoms with Crippen molar-refractivity contribution >= 4 is 5.69 Å². The summed E-state index contributed by atoms with van der Waals surface area (Å²) >= 11 is 0. The van der Waals surface area contributed by atoms with Crippen molar-refractivity contribution in [2.45, 2.75) is 12.8 Å². The van der Waals surface area contributed by atoms with Crippen molar-refractivity contribution in [1.29, 1.82) is 0 Å². The Bertz CT molecular complexity index is 333. The highest BCUT2D eigenvalue weighted by atomic mass is 15.2. The van der Waals surface area contributed by atoms with Crippen LogP contribution < -0.4 is 10.6 Å². The van der Waals surface area contributed by atoms with Gasteiger partial charge in [0.05, 0.1) is 0 Å². The van der Waals surface area contributed by atoms with Gasteiger partial charge in [0, 0.05) is 31.2 Å². The second kappa shape index (κ2) is 3.62. The fourth-order valence-electron chi connectivity index (χ4n) is 2.33. The van der Waals surface area contributed by atoms with Crippen LogP contribution in [-0.4, -0.2) is 19.6 Å². The minimum Gasteiger partial charge on any atom is -0.369 e. The van der Waals surface area contributed by atoms with E-state index in [0.29, 0.717) is 12.5 Å². The lowest BCUT2D eigenvalue weighted by Crippen LogP contribution is -2.27. The zero-order valence-corrected chi connectivity index (χ0v) is 8.66. The van der Waals surface area contributed by atoms with Crippen molar-refractivity contribution in [3.63, 3.8) is 0 Å². The number of anilines is 1. The minimum atomic E-state index is 0.588. The van der Waals surface area contributed by atoms with Gasteiger partial charge in [-0.3, -0.25) is 0 Å². The summed E-state index contributed by atoms with van der Waals surface area (Å²) in [5, 5.41) is 0. The van der Waals surface area contributed by atoms with Gasteiger partial charge >= 0.3 is 0 Å². The molecule has 1 aliphatic rings. The summed E-state index contributed by atoms with van der Waals surface area (Å²) in [4.78, 5) is 2.36. The fourth-order valence-corrected chi connectivity index (χ4v) is 2.33. The number of nitrogens with two attached hydrogens (primary N) is 1. The molecular weight excluding hydrogens is 172 g/mol. The molecule has 1 radical (unpaired) electrons. The predicted molar refractivity (Wildman–Crippen MR) is 60.6 cm³/mol. The summed E-state index contributed by atoms with van der Waals surface area (Å²) in [5.41, 5.74) is 9.49. The third-order valence-electron chi connectivity index (χ3n) is 2.90. The van der Waals surface area contributed by atoms with Gasteiger partial charge in [-0.1, -0.05) is 19.1 Å². The molecule has 0 saturated carbocycles. The first-order chi connectivity index (χ1) is 6.74. The van der Waals surface area contributed by atoms with Crippen molar-refractivity contribution in [2.75, 3.05) is 24.5 Å². The zero-order chi connectivity index (χ0) is 10.1. The van der Waals surface area contributed by atoms with Gasteiger partial charge < -0.3 is 10.6 Å². The van der Waals surface area contributed by atoms with Crippen molar-refractivity contribution < 1.29 is 0 Å². The van der Waals surface area contributed by atoms with Crippen LogP contribution in [0.1, 0.15) is 24.0 Å². The van der Waals surface area contributed by atoms with Gasteiger partial charge in [-0.2, -0.15) is 0 Å². The van der Waals surface area contributed by atoms with E-state index in [4.69, 9.17) is 5.73 Å². The lowest BCUT2D eigenvalue weighted by Gasteiger charge is -2.18. The zero-order valence-electron chi connectivity index (χ0n) is 8.66. The maximum atomic E-state index is 5.59. The molecule has 2 heteroatoms. The van der Waals surface area contributed by atoms with E-state index in [1.54, 1.807) is 0 Å². The van der Waals surface area contributed by atoms with Gasteiger partial charge in [0.15, 0.2) is 0 Å². The highest BCUT2D eigenvalue weighted by Crippen LogP contribution is 2.37. The molecule has 0 amide bonds. The van der Waals surface area contributed by atoms with Crippen LogP contribution in [0.15, 0.2) is 18.2 Å². The molecule has 75 valence electrons. The Kier molecular flexibility index (Phi) is 2.46. The molecule has 0 fully saturated rings. The van der Waals surface area contributed by atoms with Gasteiger partial charge in [0.1, 0.15) is 0 Å². The lowest BCUT2D eigenvalue weighted by atomic mass is 9.98. The van der Waals surface area contributed by atoms with Crippen LogP contribution in [-0.2, 0) is 0 Å². The molecule has 2 nitrogen and oxygen atoms in total. The van der Waals surface area contributed by atoms with Crippen LogP contribution in [0.3, 0.4) is 0 Å². The highest BCUT2D eigenvalue weighted by molar-refractivity contribution is 5.63. The van der Waals surface area contributed by atoms with E-state index < -0.39 is 0 Å². The molecule has 0 aromatic heterocycles. The molecule has 1 aromatic carbocycles. The van der Waals surface area contributed by atoms with Crippen LogP contribution in [0.25, 0.3) is 0 Å². The number of nitrogens with zero attached hydrogens (tertiary/aromatic N) is 1. The van der Waals surface area contributed by atoms with Crippen LogP contribution in [0.4, 0.5) is 5.69 Å². The van der Waals surface area contributed by atoms with Gasteiger partial charge in [-0.05, 0) is 24.1 Å². The minimum absolute atomic E-state index is 0.588. The first-order valence-corrected chi connectivity index (χ1v) is 5.14. The van der Waals surface area contributed by atoms with E-state index in [2.05, 4.69) is 36.9 Å². The van der Waals surface area contributed by atoms with Crippen LogP contribution >= 0.6 is 0 Å². The highest BCUT2D eigenvalue weighted by Gasteiger charge is 2.25. The molecule has 1 aromatic rings. The van der Waals surface area contributed by atoms with E-state index in [1.807, 2.05) is 0 Å². The van der Waals surface area contributed by atoms with Crippen molar-refractivity contribution in [3.05, 3.63) is 36.2 Å². The quantitative estimate of drug-likeness (QED) is 0.768. The van der Waals surface area contributed by atoms with E-state index >= 15 is 0 Å². The topological polar surface area (TPSA) is 29.3 Å². The molecule has 2 rings (SSSR count). The van der Waals surface area contributed by atoms with E-state index in [1.165, 1.54) is 11.3 Å². The SMILES string of the molecule is [CH2]c1cccc2c1C(C)CN2CCN. The lowest BCUT2D eigenvalue weighted by molar-refractivity contribution is 0.743. The number of rotatable bonds is 2. The van der Waals surface area contributed by atoms with Crippen molar-refractivity contribution in [1.82, 2.24) is 0 Å². The molecule has 0 spiro atoms. The molecule has 2 N–H and O–H groups in total. The van der Waals surface area contributed by atoms with Crippen molar-refractivity contribution in [2.24, 2.45) is 5.73 Å². The molecule has 14 heavy (non-hydrogen) atoms. The van der Waals surface area contributed by atoms with Gasteiger partial charge in [-0.25, -0.2) is 0 Å². The molecule has 1 aliphatic heterocycles. The van der Waals surface area contributed by atoms with E-state index in [9.17, 15) is 0 Å². The maximum Gasteiger partial charge on any atom is 0.0405 e. The third kappa shape index (κ3) is 1.40. The molecule has 1 atom stereocenters. The molecule has 0 aliphatic carbocycles. The second-order valence-corrected chi connectivity index (χ2v) is 3.99. The van der Waals surface area contributed by atoms with Crippen LogP contribution in [0.5, 0.6) is 0 Å². The van der Waals surface area contributed by atoms with Crippen LogP contribution in [0.2, 0.25) is 0 Å². The first kappa shape index (κ1) is 9.53. The third-order valence-corrected chi connectivity index (χ3v) is 2.90. The van der Waals surface area contributed by atoms with Gasteiger partial charge in [0.25, 0.3) is 0 Å². The summed E-state index contributed by atoms with van der Waals surface area (Å²) in [6, 6.07) is 6.33. The number of hydrogen-bond acceptors (Lipinski definition) is 2. The normalized spacial score (nSPS) is 19.9. The second-order valence-electron chi connectivity index (χ2n) is 3.99.